The first-order valence-electron chi connectivity index (χ1n) is 8.57. The number of rotatable bonds is 7. The van der Waals surface area contributed by atoms with Crippen molar-refractivity contribution >= 4 is 17.6 Å². The van der Waals surface area contributed by atoms with Gasteiger partial charge in [-0.2, -0.15) is 10.2 Å². The van der Waals surface area contributed by atoms with Gasteiger partial charge in [-0.25, -0.2) is 4.79 Å². The first kappa shape index (κ1) is 18.4. The van der Waals surface area contributed by atoms with Gasteiger partial charge in [-0.15, -0.1) is 0 Å². The quantitative estimate of drug-likeness (QED) is 0.668. The van der Waals surface area contributed by atoms with Gasteiger partial charge < -0.3 is 10.4 Å². The second-order valence-corrected chi connectivity index (χ2v) is 6.28. The van der Waals surface area contributed by atoms with Gasteiger partial charge in [0.15, 0.2) is 0 Å². The fourth-order valence-corrected chi connectivity index (χ4v) is 2.80. The van der Waals surface area contributed by atoms with Gasteiger partial charge in [-0.3, -0.25) is 14.2 Å². The predicted octanol–water partition coefficient (Wildman–Crippen LogP) is 2.47. The van der Waals surface area contributed by atoms with E-state index in [1.807, 2.05) is 48.9 Å². The summed E-state index contributed by atoms with van der Waals surface area (Å²) in [5.74, 6) is -1.21. The topological polar surface area (TPSA) is 102 Å². The SMILES string of the molecule is Cc1nn(Cc2ccccc2)c(C)c1NC(=O)CCn1cc(C(=O)O)cn1. The van der Waals surface area contributed by atoms with Crippen LogP contribution in [-0.2, 0) is 17.9 Å². The molecule has 0 aliphatic heterocycles. The maximum Gasteiger partial charge on any atom is 0.338 e. The predicted molar refractivity (Wildman–Crippen MR) is 99.7 cm³/mol. The third kappa shape index (κ3) is 4.41. The smallest absolute Gasteiger partial charge is 0.338 e. The van der Waals surface area contributed by atoms with Crippen LogP contribution in [0, 0.1) is 13.8 Å². The number of carbonyl (C=O) groups excluding carboxylic acids is 1. The average Bonchev–Trinajstić information content (AvgIpc) is 3.22. The van der Waals surface area contributed by atoms with Gasteiger partial charge in [0.1, 0.15) is 0 Å². The van der Waals surface area contributed by atoms with Crippen LogP contribution in [0.25, 0.3) is 0 Å². The molecule has 0 bridgehead atoms. The Hall–Kier alpha value is -3.42. The molecule has 8 nitrogen and oxygen atoms in total. The Morgan fingerprint density at radius 3 is 2.59 bits per heavy atom. The fraction of sp³-hybridized carbons (Fsp3) is 0.263. The van der Waals surface area contributed by atoms with Crippen molar-refractivity contribution < 1.29 is 14.7 Å². The number of hydrogen-bond acceptors (Lipinski definition) is 4. The van der Waals surface area contributed by atoms with E-state index >= 15 is 0 Å². The number of nitrogens with one attached hydrogen (secondary N) is 1. The lowest BCUT2D eigenvalue weighted by atomic mass is 10.2. The molecule has 27 heavy (non-hydrogen) atoms. The van der Waals surface area contributed by atoms with Gasteiger partial charge in [0.25, 0.3) is 0 Å². The Kier molecular flexibility index (Phi) is 5.35. The number of amides is 1. The number of aromatic carboxylic acids is 1. The van der Waals surface area contributed by atoms with Crippen LogP contribution in [-0.4, -0.2) is 36.5 Å². The average molecular weight is 367 g/mol. The summed E-state index contributed by atoms with van der Waals surface area (Å²) in [5, 5.41) is 20.3. The molecule has 140 valence electrons. The molecule has 0 saturated carbocycles. The van der Waals surface area contributed by atoms with Gasteiger partial charge in [-0.1, -0.05) is 30.3 Å². The van der Waals surface area contributed by atoms with Crippen molar-refractivity contribution in [1.29, 1.82) is 0 Å². The summed E-state index contributed by atoms with van der Waals surface area (Å²) in [6.45, 7) is 4.71. The van der Waals surface area contributed by atoms with Crippen molar-refractivity contribution in [2.45, 2.75) is 33.4 Å². The van der Waals surface area contributed by atoms with Gasteiger partial charge in [-0.05, 0) is 19.4 Å². The number of aryl methyl sites for hydroxylation is 2. The molecule has 0 radical (unpaired) electrons. The molecule has 3 rings (SSSR count). The van der Waals surface area contributed by atoms with Crippen LogP contribution in [0.15, 0.2) is 42.7 Å². The Morgan fingerprint density at radius 2 is 1.93 bits per heavy atom. The Morgan fingerprint density at radius 1 is 1.19 bits per heavy atom. The van der Waals surface area contributed by atoms with E-state index < -0.39 is 5.97 Å². The zero-order valence-electron chi connectivity index (χ0n) is 15.2. The van der Waals surface area contributed by atoms with Crippen LogP contribution in [0.1, 0.15) is 33.7 Å². The Bertz CT molecular complexity index is 959. The molecule has 1 aromatic carbocycles. The zero-order chi connectivity index (χ0) is 19.4. The van der Waals surface area contributed by atoms with E-state index in [9.17, 15) is 9.59 Å². The number of nitrogens with zero attached hydrogens (tertiary/aromatic N) is 4. The molecule has 3 aromatic rings. The van der Waals surface area contributed by atoms with E-state index in [4.69, 9.17) is 5.11 Å². The lowest BCUT2D eigenvalue weighted by Gasteiger charge is -2.07. The minimum absolute atomic E-state index is 0.101. The van der Waals surface area contributed by atoms with Crippen LogP contribution in [0.3, 0.4) is 0 Å². The van der Waals surface area contributed by atoms with E-state index in [0.29, 0.717) is 18.8 Å². The molecular formula is C19H21N5O3. The maximum atomic E-state index is 12.3. The minimum Gasteiger partial charge on any atom is -0.478 e. The monoisotopic (exact) mass is 367 g/mol. The molecule has 8 heteroatoms. The van der Waals surface area contributed by atoms with Crippen LogP contribution in [0.4, 0.5) is 5.69 Å². The molecule has 0 spiro atoms. The van der Waals surface area contributed by atoms with Crippen LogP contribution in [0.2, 0.25) is 0 Å². The number of carboxylic acids is 1. The second kappa shape index (κ2) is 7.86. The number of anilines is 1. The summed E-state index contributed by atoms with van der Waals surface area (Å²) < 4.78 is 3.31. The van der Waals surface area contributed by atoms with Gasteiger partial charge >= 0.3 is 5.97 Å². The van der Waals surface area contributed by atoms with Crippen molar-refractivity contribution in [1.82, 2.24) is 19.6 Å². The van der Waals surface area contributed by atoms with Crippen molar-refractivity contribution in [3.63, 3.8) is 0 Å². The lowest BCUT2D eigenvalue weighted by molar-refractivity contribution is -0.116. The highest BCUT2D eigenvalue weighted by atomic mass is 16.4. The van der Waals surface area contributed by atoms with Crippen LogP contribution >= 0.6 is 0 Å². The maximum absolute atomic E-state index is 12.3. The van der Waals surface area contributed by atoms with Gasteiger partial charge in [0.05, 0.1) is 35.4 Å². The van der Waals surface area contributed by atoms with E-state index in [1.54, 1.807) is 0 Å². The number of carboxylic acid groups (broad SMARTS) is 1. The molecule has 0 unspecified atom stereocenters. The molecule has 0 fully saturated rings. The van der Waals surface area contributed by atoms with Crippen LogP contribution in [0.5, 0.6) is 0 Å². The standard InChI is InChI=1S/C19H21N5O3/c1-13-18(14(2)24(22-13)11-15-6-4-3-5-7-15)21-17(25)8-9-23-12-16(10-20-23)19(26)27/h3-7,10,12H,8-9,11H2,1-2H3,(H,21,25)(H,26,27). The number of benzene rings is 1. The third-order valence-electron chi connectivity index (χ3n) is 4.27. The molecule has 2 N–H and O–H groups in total. The van der Waals surface area contributed by atoms with Crippen molar-refractivity contribution in [3.8, 4) is 0 Å². The van der Waals surface area contributed by atoms with E-state index in [0.717, 1.165) is 17.0 Å². The van der Waals surface area contributed by atoms with Gasteiger partial charge in [0.2, 0.25) is 5.91 Å². The molecular weight excluding hydrogens is 346 g/mol. The Balaban J connectivity index is 1.62. The van der Waals surface area contributed by atoms with Crippen molar-refractivity contribution in [2.24, 2.45) is 0 Å². The molecule has 0 aliphatic carbocycles. The summed E-state index contributed by atoms with van der Waals surface area (Å²) in [6.07, 6.45) is 2.86. The molecule has 0 aliphatic rings. The highest BCUT2D eigenvalue weighted by Crippen LogP contribution is 2.20. The van der Waals surface area contributed by atoms with Crippen molar-refractivity contribution in [3.05, 3.63) is 65.2 Å². The molecule has 0 saturated heterocycles. The number of aromatic nitrogens is 4. The zero-order valence-corrected chi connectivity index (χ0v) is 15.2. The number of carbonyl (C=O) groups is 2. The largest absolute Gasteiger partial charge is 0.478 e. The summed E-state index contributed by atoms with van der Waals surface area (Å²) >= 11 is 0. The fourth-order valence-electron chi connectivity index (χ4n) is 2.80. The Labute approximate surface area is 156 Å². The molecule has 0 atom stereocenters. The van der Waals surface area contributed by atoms with E-state index in [2.05, 4.69) is 15.5 Å². The molecule has 2 aromatic heterocycles. The highest BCUT2D eigenvalue weighted by molar-refractivity contribution is 5.91. The van der Waals surface area contributed by atoms with Crippen molar-refractivity contribution in [2.75, 3.05) is 5.32 Å². The summed E-state index contributed by atoms with van der Waals surface area (Å²) in [5.41, 5.74) is 3.58. The normalized spacial score (nSPS) is 10.7. The molecule has 1 amide bonds. The van der Waals surface area contributed by atoms with Gasteiger partial charge in [0, 0.05) is 19.2 Å². The second-order valence-electron chi connectivity index (χ2n) is 6.28. The third-order valence-corrected chi connectivity index (χ3v) is 4.27. The van der Waals surface area contributed by atoms with E-state index in [-0.39, 0.29) is 17.9 Å². The highest BCUT2D eigenvalue weighted by Gasteiger charge is 2.15. The molecule has 2 heterocycles. The first-order chi connectivity index (χ1) is 12.9. The van der Waals surface area contributed by atoms with Crippen LogP contribution < -0.4 is 5.32 Å². The lowest BCUT2D eigenvalue weighted by Crippen LogP contribution is -2.16. The summed E-state index contributed by atoms with van der Waals surface area (Å²) in [6, 6.07) is 9.99. The summed E-state index contributed by atoms with van der Waals surface area (Å²) in [4.78, 5) is 23.2. The summed E-state index contributed by atoms with van der Waals surface area (Å²) in [7, 11) is 0. The number of hydrogen-bond donors (Lipinski definition) is 2. The first-order valence-corrected chi connectivity index (χ1v) is 8.57. The van der Waals surface area contributed by atoms with E-state index in [1.165, 1.54) is 17.1 Å². The minimum atomic E-state index is -1.04.